The highest BCUT2D eigenvalue weighted by molar-refractivity contribution is 5.75. The van der Waals surface area contributed by atoms with Gasteiger partial charge in [-0.2, -0.15) is 0 Å². The van der Waals surface area contributed by atoms with Crippen molar-refractivity contribution in [1.29, 1.82) is 0 Å². The molecule has 0 saturated carbocycles. The third-order valence-corrected chi connectivity index (χ3v) is 3.44. The molecule has 1 heterocycles. The fraction of sp³-hybridized carbons (Fsp3) is 0.933. The first-order chi connectivity index (χ1) is 9.17. The molecular formula is C15H35N3O2. The Morgan fingerprint density at radius 2 is 2.25 bits per heavy atom. The molecule has 1 aliphatic heterocycles. The minimum Gasteiger partial charge on any atom is -0.374 e. The van der Waals surface area contributed by atoms with Gasteiger partial charge < -0.3 is 15.0 Å². The van der Waals surface area contributed by atoms with Crippen molar-refractivity contribution in [3.05, 3.63) is 0 Å². The number of rotatable bonds is 8. The molecule has 0 aromatic rings. The molecule has 0 aromatic heterocycles. The topological polar surface area (TPSA) is 44.8 Å². The van der Waals surface area contributed by atoms with Crippen molar-refractivity contribution in [2.45, 2.75) is 40.2 Å². The van der Waals surface area contributed by atoms with Crippen LogP contribution in [-0.4, -0.2) is 74.7 Å². The molecule has 1 atom stereocenters. The fourth-order valence-electron chi connectivity index (χ4n) is 2.32. The van der Waals surface area contributed by atoms with Gasteiger partial charge in [0, 0.05) is 47.6 Å². The lowest BCUT2D eigenvalue weighted by molar-refractivity contribution is -0.133. The van der Waals surface area contributed by atoms with E-state index in [4.69, 9.17) is 4.74 Å². The molecule has 1 N–H and O–H groups in total. The predicted molar refractivity (Wildman–Crippen MR) is 86.1 cm³/mol. The highest BCUT2D eigenvalue weighted by Crippen LogP contribution is 2.07. The number of likely N-dealkylation sites (N-methyl/N-ethyl adjacent to an activating group) is 2. The van der Waals surface area contributed by atoms with Gasteiger partial charge in [-0.05, 0) is 13.0 Å². The summed E-state index contributed by atoms with van der Waals surface area (Å²) >= 11 is 0. The lowest BCUT2D eigenvalue weighted by Gasteiger charge is -2.34. The van der Waals surface area contributed by atoms with Gasteiger partial charge >= 0.3 is 0 Å². The monoisotopic (exact) mass is 289 g/mol. The van der Waals surface area contributed by atoms with Crippen molar-refractivity contribution in [2.75, 3.05) is 52.9 Å². The number of morpholine rings is 1. The van der Waals surface area contributed by atoms with Crippen molar-refractivity contribution >= 4 is 5.91 Å². The summed E-state index contributed by atoms with van der Waals surface area (Å²) in [6.07, 6.45) is 1.69. The van der Waals surface area contributed by atoms with Crippen LogP contribution >= 0.6 is 0 Å². The minimum absolute atomic E-state index is 0. The predicted octanol–water partition coefficient (Wildman–Crippen LogP) is 1.44. The largest absolute Gasteiger partial charge is 0.374 e. The van der Waals surface area contributed by atoms with Crippen LogP contribution in [0.4, 0.5) is 0 Å². The maximum atomic E-state index is 11.8. The van der Waals surface area contributed by atoms with Gasteiger partial charge in [0.05, 0.1) is 12.7 Å². The first kappa shape index (κ1) is 19.4. The van der Waals surface area contributed by atoms with E-state index < -0.39 is 0 Å². The Hall–Kier alpha value is -0.650. The van der Waals surface area contributed by atoms with Crippen LogP contribution in [0, 0.1) is 0 Å². The third-order valence-electron chi connectivity index (χ3n) is 3.44. The van der Waals surface area contributed by atoms with Gasteiger partial charge in [0.1, 0.15) is 0 Å². The van der Waals surface area contributed by atoms with Crippen LogP contribution < -0.4 is 5.32 Å². The first-order valence-electron chi connectivity index (χ1n) is 7.46. The molecular weight excluding hydrogens is 254 g/mol. The van der Waals surface area contributed by atoms with Crippen LogP contribution in [0.15, 0.2) is 0 Å². The number of carbonyl (C=O) groups is 1. The molecule has 5 heteroatoms. The SMILES string of the molecule is C.CCCC(=O)N(C)C[C@H]1CN(CCNCC)CCO1.[HH]. The highest BCUT2D eigenvalue weighted by Gasteiger charge is 2.22. The maximum absolute atomic E-state index is 11.8. The highest BCUT2D eigenvalue weighted by atomic mass is 16.5. The van der Waals surface area contributed by atoms with E-state index in [1.807, 2.05) is 18.9 Å². The molecule has 0 unspecified atom stereocenters. The van der Waals surface area contributed by atoms with Crippen LogP contribution in [0.2, 0.25) is 0 Å². The van der Waals surface area contributed by atoms with Crippen LogP contribution in [0.3, 0.4) is 0 Å². The zero-order chi connectivity index (χ0) is 14.1. The van der Waals surface area contributed by atoms with E-state index in [2.05, 4.69) is 17.1 Å². The van der Waals surface area contributed by atoms with Crippen molar-refractivity contribution in [3.8, 4) is 0 Å². The summed E-state index contributed by atoms with van der Waals surface area (Å²) in [4.78, 5) is 16.0. The number of nitrogens with zero attached hydrogens (tertiary/aromatic N) is 2. The Morgan fingerprint density at radius 1 is 1.50 bits per heavy atom. The summed E-state index contributed by atoms with van der Waals surface area (Å²) in [5, 5.41) is 3.34. The molecule has 122 valence electrons. The Kier molecular flexibility index (Phi) is 10.7. The molecule has 0 aromatic carbocycles. The maximum Gasteiger partial charge on any atom is 0.222 e. The zero-order valence-electron chi connectivity index (χ0n) is 12.7. The van der Waals surface area contributed by atoms with E-state index in [-0.39, 0.29) is 20.9 Å². The van der Waals surface area contributed by atoms with Crippen molar-refractivity contribution in [3.63, 3.8) is 0 Å². The van der Waals surface area contributed by atoms with Crippen LogP contribution in [0.25, 0.3) is 0 Å². The Morgan fingerprint density at radius 3 is 2.90 bits per heavy atom. The van der Waals surface area contributed by atoms with E-state index in [1.54, 1.807) is 0 Å². The summed E-state index contributed by atoms with van der Waals surface area (Å²) in [5.41, 5.74) is 0. The van der Waals surface area contributed by atoms with Gasteiger partial charge in [0.2, 0.25) is 5.91 Å². The molecule has 0 radical (unpaired) electrons. The molecule has 1 rings (SSSR count). The van der Waals surface area contributed by atoms with E-state index >= 15 is 0 Å². The van der Waals surface area contributed by atoms with Gasteiger partial charge in [-0.15, -0.1) is 0 Å². The summed E-state index contributed by atoms with van der Waals surface area (Å²) in [7, 11) is 1.87. The Bertz CT molecular complexity index is 267. The zero-order valence-corrected chi connectivity index (χ0v) is 12.7. The summed E-state index contributed by atoms with van der Waals surface area (Å²) in [6, 6.07) is 0. The standard InChI is InChI=1S/C14H29N3O2.CH4.H2/c1-4-6-14(18)16(3)11-13-12-17(9-10-19-13)8-7-15-5-2;;/h13,15H,4-12H2,1-3H3;1H4;1H/t13-;;/m0../s1. The smallest absolute Gasteiger partial charge is 0.222 e. The average molecular weight is 289 g/mol. The fourth-order valence-corrected chi connectivity index (χ4v) is 2.32. The molecule has 5 nitrogen and oxygen atoms in total. The first-order valence-corrected chi connectivity index (χ1v) is 7.46. The van der Waals surface area contributed by atoms with Gasteiger partial charge in [-0.1, -0.05) is 21.3 Å². The Balaban J connectivity index is 0. The van der Waals surface area contributed by atoms with Crippen LogP contribution in [-0.2, 0) is 9.53 Å². The van der Waals surface area contributed by atoms with E-state index in [9.17, 15) is 4.79 Å². The normalized spacial score (nSPS) is 19.4. The van der Waals surface area contributed by atoms with Crippen molar-refractivity contribution in [1.82, 2.24) is 15.1 Å². The van der Waals surface area contributed by atoms with E-state index in [0.717, 1.165) is 45.8 Å². The quantitative estimate of drug-likeness (QED) is 0.687. The van der Waals surface area contributed by atoms with Crippen molar-refractivity contribution in [2.24, 2.45) is 0 Å². The summed E-state index contributed by atoms with van der Waals surface area (Å²) in [5.74, 6) is 0.218. The van der Waals surface area contributed by atoms with E-state index in [0.29, 0.717) is 13.0 Å². The molecule has 1 amide bonds. The van der Waals surface area contributed by atoms with Gasteiger partial charge in [-0.3, -0.25) is 9.69 Å². The minimum atomic E-state index is 0. The molecule has 0 aliphatic carbocycles. The van der Waals surface area contributed by atoms with Gasteiger partial charge in [-0.25, -0.2) is 0 Å². The second-order valence-electron chi connectivity index (χ2n) is 5.17. The number of ether oxygens (including phenoxy) is 1. The molecule has 0 spiro atoms. The molecule has 20 heavy (non-hydrogen) atoms. The lowest BCUT2D eigenvalue weighted by atomic mass is 10.2. The van der Waals surface area contributed by atoms with Crippen LogP contribution in [0.1, 0.15) is 35.5 Å². The molecule has 1 saturated heterocycles. The van der Waals surface area contributed by atoms with Gasteiger partial charge in [0.15, 0.2) is 0 Å². The molecule has 0 bridgehead atoms. The lowest BCUT2D eigenvalue weighted by Crippen LogP contribution is -2.49. The summed E-state index contributed by atoms with van der Waals surface area (Å²) in [6.45, 7) is 10.6. The number of hydrogen-bond acceptors (Lipinski definition) is 4. The molecule has 1 fully saturated rings. The van der Waals surface area contributed by atoms with Crippen molar-refractivity contribution < 1.29 is 11.0 Å². The second kappa shape index (κ2) is 11.1. The summed E-state index contributed by atoms with van der Waals surface area (Å²) < 4.78 is 5.76. The second-order valence-corrected chi connectivity index (χ2v) is 5.17. The van der Waals surface area contributed by atoms with Gasteiger partial charge in [0.25, 0.3) is 0 Å². The molecule has 1 aliphatic rings. The third kappa shape index (κ3) is 7.22. The number of hydrogen-bond donors (Lipinski definition) is 1. The number of nitrogens with one attached hydrogen (secondary N) is 1. The Labute approximate surface area is 126 Å². The number of amides is 1. The number of carbonyl (C=O) groups excluding carboxylic acids is 1. The van der Waals surface area contributed by atoms with Crippen LogP contribution in [0.5, 0.6) is 0 Å². The average Bonchev–Trinajstić information content (AvgIpc) is 2.40. The van der Waals surface area contributed by atoms with E-state index in [1.165, 1.54) is 0 Å².